The smallest absolute Gasteiger partial charge is 0.0701 e. The lowest BCUT2D eigenvalue weighted by atomic mass is 10.0. The van der Waals surface area contributed by atoms with Gasteiger partial charge in [-0.25, -0.2) is 0 Å². The zero-order chi connectivity index (χ0) is 13.1. The molecule has 2 aromatic rings. The maximum atomic E-state index is 6.22. The molecular formula is C12H11Br2ClN2S. The van der Waals surface area contributed by atoms with Gasteiger partial charge in [0, 0.05) is 9.50 Å². The van der Waals surface area contributed by atoms with Crippen molar-refractivity contribution >= 4 is 54.8 Å². The maximum Gasteiger partial charge on any atom is 0.0701 e. The molecule has 0 fully saturated rings. The zero-order valence-corrected chi connectivity index (χ0v) is 14.0. The number of nitrogens with one attached hydrogen (secondary N) is 1. The Bertz CT molecular complexity index is 545. The normalized spacial score (nSPS) is 12.7. The molecule has 0 aliphatic carbocycles. The first-order chi connectivity index (χ1) is 8.60. The Morgan fingerprint density at radius 2 is 2.11 bits per heavy atom. The summed E-state index contributed by atoms with van der Waals surface area (Å²) in [4.78, 5) is 0. The highest BCUT2D eigenvalue weighted by molar-refractivity contribution is 9.11. The Labute approximate surface area is 132 Å². The molecule has 1 atom stereocenters. The zero-order valence-electron chi connectivity index (χ0n) is 9.29. The van der Waals surface area contributed by atoms with E-state index in [0.29, 0.717) is 0 Å². The van der Waals surface area contributed by atoms with E-state index in [-0.39, 0.29) is 6.04 Å². The van der Waals surface area contributed by atoms with Crippen LogP contribution in [-0.4, -0.2) is 0 Å². The molecule has 2 rings (SSSR count). The molecule has 0 amide bonds. The standard InChI is InChI=1S/C12H11Br2ClN2S/c13-9-2-1-7(10(15)5-9)3-11(17-16)8-4-12(14)18-6-8/h1-2,4-6,11,17H,3,16H2. The summed E-state index contributed by atoms with van der Waals surface area (Å²) in [7, 11) is 0. The SMILES string of the molecule is NNC(Cc1ccc(Br)cc1Cl)c1csc(Br)c1. The van der Waals surface area contributed by atoms with E-state index in [4.69, 9.17) is 17.4 Å². The maximum absolute atomic E-state index is 6.22. The summed E-state index contributed by atoms with van der Waals surface area (Å²) in [6.45, 7) is 0. The first-order valence-electron chi connectivity index (χ1n) is 5.24. The lowest BCUT2D eigenvalue weighted by Crippen LogP contribution is -2.29. The van der Waals surface area contributed by atoms with E-state index in [1.54, 1.807) is 11.3 Å². The number of hydrazine groups is 1. The van der Waals surface area contributed by atoms with E-state index in [1.165, 1.54) is 0 Å². The van der Waals surface area contributed by atoms with Crippen LogP contribution < -0.4 is 11.3 Å². The van der Waals surface area contributed by atoms with Crippen molar-refractivity contribution in [3.05, 3.63) is 54.1 Å². The molecule has 0 aliphatic heterocycles. The minimum atomic E-state index is 0.0613. The monoisotopic (exact) mass is 408 g/mol. The molecule has 3 N–H and O–H groups in total. The van der Waals surface area contributed by atoms with E-state index >= 15 is 0 Å². The summed E-state index contributed by atoms with van der Waals surface area (Å²) in [5.41, 5.74) is 5.07. The largest absolute Gasteiger partial charge is 0.271 e. The highest BCUT2D eigenvalue weighted by Gasteiger charge is 2.14. The van der Waals surface area contributed by atoms with Crippen LogP contribution in [0.2, 0.25) is 5.02 Å². The fourth-order valence-electron chi connectivity index (χ4n) is 1.69. The molecule has 0 saturated heterocycles. The number of halogens is 3. The van der Waals surface area contributed by atoms with E-state index in [1.807, 2.05) is 18.2 Å². The first-order valence-corrected chi connectivity index (χ1v) is 8.08. The molecule has 18 heavy (non-hydrogen) atoms. The second kappa shape index (κ2) is 6.50. The summed E-state index contributed by atoms with van der Waals surface area (Å²) in [5.74, 6) is 5.63. The highest BCUT2D eigenvalue weighted by Crippen LogP contribution is 2.29. The van der Waals surface area contributed by atoms with Gasteiger partial charge in [0.1, 0.15) is 0 Å². The first kappa shape index (κ1) is 14.5. The molecule has 0 bridgehead atoms. The van der Waals surface area contributed by atoms with Crippen molar-refractivity contribution in [2.45, 2.75) is 12.5 Å². The number of hydrogen-bond acceptors (Lipinski definition) is 3. The van der Waals surface area contributed by atoms with E-state index in [9.17, 15) is 0 Å². The van der Waals surface area contributed by atoms with Crippen molar-refractivity contribution < 1.29 is 0 Å². The minimum absolute atomic E-state index is 0.0613. The van der Waals surface area contributed by atoms with Crippen LogP contribution in [0.15, 0.2) is 37.9 Å². The van der Waals surface area contributed by atoms with Crippen LogP contribution in [0.5, 0.6) is 0 Å². The number of nitrogens with two attached hydrogens (primary N) is 1. The molecule has 0 aliphatic rings. The van der Waals surface area contributed by atoms with Crippen LogP contribution in [0.4, 0.5) is 0 Å². The topological polar surface area (TPSA) is 38.0 Å². The molecule has 1 heterocycles. The van der Waals surface area contributed by atoms with Gasteiger partial charge in [-0.1, -0.05) is 33.6 Å². The van der Waals surface area contributed by atoms with Gasteiger partial charge in [0.15, 0.2) is 0 Å². The Kier molecular flexibility index (Phi) is 5.24. The molecule has 1 aromatic heterocycles. The van der Waals surface area contributed by atoms with Gasteiger partial charge in [-0.05, 0) is 57.1 Å². The molecule has 1 aromatic carbocycles. The van der Waals surface area contributed by atoms with Crippen molar-refractivity contribution in [3.8, 4) is 0 Å². The quantitative estimate of drug-likeness (QED) is 0.568. The van der Waals surface area contributed by atoms with Gasteiger partial charge in [-0.3, -0.25) is 11.3 Å². The van der Waals surface area contributed by atoms with Crippen LogP contribution >= 0.6 is 54.8 Å². The van der Waals surface area contributed by atoms with Crippen molar-refractivity contribution in [2.24, 2.45) is 5.84 Å². The van der Waals surface area contributed by atoms with Gasteiger partial charge in [0.05, 0.1) is 9.83 Å². The Morgan fingerprint density at radius 1 is 1.33 bits per heavy atom. The molecular weight excluding hydrogens is 399 g/mol. The second-order valence-electron chi connectivity index (χ2n) is 3.84. The van der Waals surface area contributed by atoms with Gasteiger partial charge >= 0.3 is 0 Å². The number of benzene rings is 1. The molecule has 0 saturated carbocycles. The molecule has 6 heteroatoms. The van der Waals surface area contributed by atoms with Crippen molar-refractivity contribution in [2.75, 3.05) is 0 Å². The van der Waals surface area contributed by atoms with Gasteiger partial charge < -0.3 is 0 Å². The lowest BCUT2D eigenvalue weighted by molar-refractivity contribution is 0.553. The lowest BCUT2D eigenvalue weighted by Gasteiger charge is -2.15. The van der Waals surface area contributed by atoms with E-state index in [2.05, 4.69) is 48.7 Å². The Morgan fingerprint density at radius 3 is 2.67 bits per heavy atom. The summed E-state index contributed by atoms with van der Waals surface area (Å²) in [5, 5.41) is 2.83. The van der Waals surface area contributed by atoms with Gasteiger partial charge in [0.2, 0.25) is 0 Å². The van der Waals surface area contributed by atoms with E-state index in [0.717, 1.165) is 30.8 Å². The number of hydrogen-bond donors (Lipinski definition) is 2. The fraction of sp³-hybridized carbons (Fsp3) is 0.167. The number of rotatable bonds is 4. The van der Waals surface area contributed by atoms with Gasteiger partial charge in [-0.2, -0.15) is 0 Å². The van der Waals surface area contributed by atoms with Gasteiger partial charge in [-0.15, -0.1) is 11.3 Å². The molecule has 96 valence electrons. The van der Waals surface area contributed by atoms with Crippen molar-refractivity contribution in [3.63, 3.8) is 0 Å². The average molecular weight is 411 g/mol. The molecule has 0 radical (unpaired) electrons. The average Bonchev–Trinajstić information content (AvgIpc) is 2.75. The third-order valence-electron chi connectivity index (χ3n) is 2.63. The van der Waals surface area contributed by atoms with Gasteiger partial charge in [0.25, 0.3) is 0 Å². The third kappa shape index (κ3) is 3.56. The van der Waals surface area contributed by atoms with Crippen LogP contribution in [-0.2, 0) is 6.42 Å². The molecule has 2 nitrogen and oxygen atoms in total. The Hall–Kier alpha value is 0.0900. The predicted molar refractivity (Wildman–Crippen MR) is 84.9 cm³/mol. The van der Waals surface area contributed by atoms with Crippen LogP contribution in [0.25, 0.3) is 0 Å². The predicted octanol–water partition coefficient (Wildman–Crippen LogP) is 4.67. The summed E-state index contributed by atoms with van der Waals surface area (Å²) >= 11 is 14.7. The highest BCUT2D eigenvalue weighted by atomic mass is 79.9. The minimum Gasteiger partial charge on any atom is -0.271 e. The summed E-state index contributed by atoms with van der Waals surface area (Å²) in [6, 6.07) is 8.03. The fourth-order valence-corrected chi connectivity index (χ4v) is 3.67. The summed E-state index contributed by atoms with van der Waals surface area (Å²) in [6.07, 6.45) is 0.756. The van der Waals surface area contributed by atoms with Crippen LogP contribution in [0.1, 0.15) is 17.2 Å². The molecule has 0 spiro atoms. The third-order valence-corrected chi connectivity index (χ3v) is 5.00. The number of thiophene rings is 1. The van der Waals surface area contributed by atoms with E-state index < -0.39 is 0 Å². The van der Waals surface area contributed by atoms with Crippen LogP contribution in [0.3, 0.4) is 0 Å². The van der Waals surface area contributed by atoms with Crippen LogP contribution in [0, 0.1) is 0 Å². The second-order valence-corrected chi connectivity index (χ2v) is 7.46. The summed E-state index contributed by atoms with van der Waals surface area (Å²) < 4.78 is 2.08. The van der Waals surface area contributed by atoms with Crippen molar-refractivity contribution in [1.29, 1.82) is 0 Å². The Balaban J connectivity index is 2.20. The van der Waals surface area contributed by atoms with Crippen molar-refractivity contribution in [1.82, 2.24) is 5.43 Å². The molecule has 1 unspecified atom stereocenters.